The van der Waals surface area contributed by atoms with Gasteiger partial charge in [0.2, 0.25) is 0 Å². The average Bonchev–Trinajstić information content (AvgIpc) is 3.13. The van der Waals surface area contributed by atoms with E-state index in [0.717, 1.165) is 42.7 Å². The van der Waals surface area contributed by atoms with Crippen LogP contribution < -0.4 is 4.90 Å². The van der Waals surface area contributed by atoms with E-state index in [9.17, 15) is 4.39 Å². The van der Waals surface area contributed by atoms with E-state index < -0.39 is 30.8 Å². The molecular formula is C45H74F2NPS. The lowest BCUT2D eigenvalue weighted by molar-refractivity contribution is 0.228. The first kappa shape index (κ1) is 43.0. The molecule has 2 aliphatic rings. The van der Waals surface area contributed by atoms with Crippen molar-refractivity contribution in [3.63, 3.8) is 0 Å². The minimum absolute atomic E-state index is 0.0602. The van der Waals surface area contributed by atoms with Crippen LogP contribution in [0.25, 0.3) is 0 Å². The summed E-state index contributed by atoms with van der Waals surface area (Å²) in [4.78, 5) is 3.78. The van der Waals surface area contributed by atoms with Gasteiger partial charge in [0.05, 0.1) is 0 Å². The Hall–Kier alpha value is -1.38. The van der Waals surface area contributed by atoms with E-state index in [-0.39, 0.29) is 16.7 Å². The maximum Gasteiger partial charge on any atom is 0.129 e. The van der Waals surface area contributed by atoms with Gasteiger partial charge in [0.25, 0.3) is 0 Å². The molecule has 284 valence electrons. The van der Waals surface area contributed by atoms with Crippen LogP contribution in [0.15, 0.2) is 69.9 Å². The summed E-state index contributed by atoms with van der Waals surface area (Å²) in [6.45, 7) is 17.6. The van der Waals surface area contributed by atoms with Crippen LogP contribution in [0.5, 0.6) is 0 Å². The molecule has 1 aliphatic heterocycles. The molecule has 3 rings (SSSR count). The first-order valence-corrected chi connectivity index (χ1v) is 24.2. The van der Waals surface area contributed by atoms with Gasteiger partial charge in [0, 0.05) is 32.1 Å². The Bertz CT molecular complexity index is 1350. The minimum Gasteiger partial charge on any atom is -0.378 e. The smallest absolute Gasteiger partial charge is 0.129 e. The molecular weight excluding hydrogens is 656 g/mol. The number of fused-ring (bicyclic) bond motifs is 1. The quantitative estimate of drug-likeness (QED) is 0.114. The van der Waals surface area contributed by atoms with E-state index in [4.69, 9.17) is 0 Å². The molecule has 0 saturated heterocycles. The predicted octanol–water partition coefficient (Wildman–Crippen LogP) is 14.4. The topological polar surface area (TPSA) is 3.24 Å². The summed E-state index contributed by atoms with van der Waals surface area (Å²) >= 11 is 0. The second-order valence-corrected chi connectivity index (χ2v) is 24.3. The van der Waals surface area contributed by atoms with E-state index in [1.807, 2.05) is 0 Å². The Morgan fingerprint density at radius 1 is 1.02 bits per heavy atom. The number of allylic oxidation sites excluding steroid dienone is 8. The van der Waals surface area contributed by atoms with Crippen LogP contribution in [0.4, 0.5) is 14.5 Å². The number of hydrogen-bond donors (Lipinski definition) is 0. The van der Waals surface area contributed by atoms with Crippen molar-refractivity contribution in [2.75, 3.05) is 56.8 Å². The Kier molecular flexibility index (Phi) is 16.0. The van der Waals surface area contributed by atoms with Crippen molar-refractivity contribution in [3.05, 3.63) is 70.6 Å². The monoisotopic (exact) mass is 730 g/mol. The number of anilines is 1. The van der Waals surface area contributed by atoms with Gasteiger partial charge in [-0.1, -0.05) is 118 Å². The Morgan fingerprint density at radius 3 is 2.24 bits per heavy atom. The molecule has 3 unspecified atom stereocenters. The zero-order valence-electron chi connectivity index (χ0n) is 34.2. The largest absolute Gasteiger partial charge is 0.378 e. The fourth-order valence-electron chi connectivity index (χ4n) is 8.48. The van der Waals surface area contributed by atoms with E-state index in [0.29, 0.717) is 11.8 Å². The van der Waals surface area contributed by atoms with Crippen LogP contribution in [0.3, 0.4) is 0 Å². The van der Waals surface area contributed by atoms with Crippen LogP contribution in [0, 0.1) is 16.2 Å². The number of hydrogen-bond acceptors (Lipinski definition) is 1. The van der Waals surface area contributed by atoms with Crippen molar-refractivity contribution in [2.45, 2.75) is 136 Å². The van der Waals surface area contributed by atoms with Gasteiger partial charge in [-0.3, -0.25) is 0 Å². The second kappa shape index (κ2) is 18.6. The van der Waals surface area contributed by atoms with E-state index in [2.05, 4.69) is 129 Å². The van der Waals surface area contributed by atoms with E-state index in [1.165, 1.54) is 61.1 Å². The lowest BCUT2D eigenvalue weighted by atomic mass is 9.69. The highest BCUT2D eigenvalue weighted by Crippen LogP contribution is 2.64. The summed E-state index contributed by atoms with van der Waals surface area (Å²) in [7, 11) is 2.74. The molecule has 0 fully saturated rings. The number of nitrogens with zero attached hydrogens (tertiary/aromatic N) is 1. The van der Waals surface area contributed by atoms with Gasteiger partial charge in [-0.2, -0.15) is 0 Å². The number of alkyl halides is 2. The average molecular weight is 730 g/mol. The molecule has 0 N–H and O–H groups in total. The zero-order valence-corrected chi connectivity index (χ0v) is 35.9. The molecule has 0 saturated carbocycles. The summed E-state index contributed by atoms with van der Waals surface area (Å²) in [6, 6.07) is 7.21. The standard InChI is InChI=1S/C45H74F2NPS/c1-13-15-27-45(28-16-14-2)33-39(38-32-37(48(8)9)21-23-42(38)50(11,12)34-45)35-20-22-41(40(47)31-35)49(10)30-18-26-44(6,7)25-17-19-36(24-29-46)43(3,4)5/h17,19-24,32,39-40H,13-16,18,25-31,33-34H2,1-12H3/b19-17-,36-24+. The van der Waals surface area contributed by atoms with Crippen molar-refractivity contribution in [1.82, 2.24) is 0 Å². The molecule has 1 aromatic rings. The van der Waals surface area contributed by atoms with Crippen LogP contribution in [0.2, 0.25) is 0 Å². The molecule has 0 spiro atoms. The molecule has 0 radical (unpaired) electrons. The molecule has 5 heteroatoms. The first-order chi connectivity index (χ1) is 23.4. The van der Waals surface area contributed by atoms with Crippen LogP contribution in [-0.4, -0.2) is 58.0 Å². The summed E-state index contributed by atoms with van der Waals surface area (Å²) in [5.41, 5.74) is 5.51. The zero-order chi connectivity index (χ0) is 37.3. The second-order valence-electron chi connectivity index (χ2n) is 18.1. The highest BCUT2D eigenvalue weighted by atomic mass is 32.3. The fourth-order valence-corrected chi connectivity index (χ4v) is 13.6. The van der Waals surface area contributed by atoms with Crippen molar-refractivity contribution in [1.29, 1.82) is 0 Å². The van der Waals surface area contributed by atoms with Crippen LogP contribution >= 0.6 is 17.9 Å². The number of rotatable bonds is 17. The molecule has 0 amide bonds. The van der Waals surface area contributed by atoms with Gasteiger partial charge < -0.3 is 4.90 Å². The first-order valence-electron chi connectivity index (χ1n) is 19.6. The Balaban J connectivity index is 1.86. The third-order valence-corrected chi connectivity index (χ3v) is 16.7. The molecule has 0 bridgehead atoms. The van der Waals surface area contributed by atoms with E-state index >= 15 is 4.39 Å². The molecule has 3 atom stereocenters. The maximum absolute atomic E-state index is 16.5. The highest BCUT2D eigenvalue weighted by Gasteiger charge is 2.43. The van der Waals surface area contributed by atoms with Crippen molar-refractivity contribution >= 4 is 23.6 Å². The molecule has 50 heavy (non-hydrogen) atoms. The maximum atomic E-state index is 16.5. The summed E-state index contributed by atoms with van der Waals surface area (Å²) in [5.74, 6) is 1.57. The SMILES string of the molecule is CCCCC1(CCCC)CC(C2=CC=C(P(C)CCCC(C)(C)C/C=C\C(=C/CF)C(C)(C)C)C(F)C2)c2cc(N(C)C)ccc2S(C)(C)C1. The molecule has 0 aromatic heterocycles. The lowest BCUT2D eigenvalue weighted by Gasteiger charge is -2.43. The lowest BCUT2D eigenvalue weighted by Crippen LogP contribution is -2.29. The van der Waals surface area contributed by atoms with Gasteiger partial charge in [0.1, 0.15) is 12.8 Å². The number of halogens is 2. The summed E-state index contributed by atoms with van der Waals surface area (Å²) in [5, 5.41) is 1.05. The van der Waals surface area contributed by atoms with Gasteiger partial charge in [-0.25, -0.2) is 18.8 Å². The van der Waals surface area contributed by atoms with E-state index in [1.54, 1.807) is 11.0 Å². The third kappa shape index (κ3) is 11.8. The van der Waals surface area contributed by atoms with Crippen molar-refractivity contribution in [2.24, 2.45) is 16.2 Å². The number of benzene rings is 1. The van der Waals surface area contributed by atoms with Gasteiger partial charge in [-0.05, 0) is 125 Å². The normalized spacial score (nSPS) is 22.4. The highest BCUT2D eigenvalue weighted by molar-refractivity contribution is 8.32. The van der Waals surface area contributed by atoms with Crippen molar-refractivity contribution in [3.8, 4) is 0 Å². The van der Waals surface area contributed by atoms with Gasteiger partial charge in [0.15, 0.2) is 0 Å². The molecule has 1 aliphatic carbocycles. The van der Waals surface area contributed by atoms with Crippen LogP contribution in [0.1, 0.15) is 131 Å². The minimum atomic E-state index is -1.01. The summed E-state index contributed by atoms with van der Waals surface area (Å²) in [6.07, 6.45) is 28.4. The molecule has 1 aromatic carbocycles. The van der Waals surface area contributed by atoms with Gasteiger partial charge >= 0.3 is 0 Å². The Labute approximate surface area is 311 Å². The van der Waals surface area contributed by atoms with Gasteiger partial charge in [-0.15, -0.1) is 0 Å². The number of unbranched alkanes of at least 4 members (excludes halogenated alkanes) is 2. The fraction of sp³-hybridized carbons (Fsp3) is 0.689. The Morgan fingerprint density at radius 2 is 1.68 bits per heavy atom. The third-order valence-electron chi connectivity index (χ3n) is 11.5. The predicted molar refractivity (Wildman–Crippen MR) is 226 cm³/mol. The molecule has 1 heterocycles. The summed E-state index contributed by atoms with van der Waals surface area (Å²) < 4.78 is 29.6. The molecule has 1 nitrogen and oxygen atoms in total. The van der Waals surface area contributed by atoms with Crippen LogP contribution in [-0.2, 0) is 0 Å². The van der Waals surface area contributed by atoms with Crippen molar-refractivity contribution < 1.29 is 8.78 Å².